The van der Waals surface area contributed by atoms with Gasteiger partial charge in [-0.05, 0) is 96.1 Å². The van der Waals surface area contributed by atoms with Crippen LogP contribution in [-0.2, 0) is 0 Å². The molecular formula is C64H46N4Si2. The van der Waals surface area contributed by atoms with Gasteiger partial charge in [0.25, 0.3) is 0 Å². The van der Waals surface area contributed by atoms with Gasteiger partial charge in [0.15, 0.2) is 16.1 Å². The minimum Gasteiger partial charge on any atom is -0.309 e. The third kappa shape index (κ3) is 6.34. The maximum atomic E-state index is 5.54. The van der Waals surface area contributed by atoms with Gasteiger partial charge in [-0.1, -0.05) is 212 Å². The first-order chi connectivity index (χ1) is 34.8. The van der Waals surface area contributed by atoms with Crippen LogP contribution in [0.4, 0.5) is 17.2 Å². The molecular weight excluding hydrogens is 881 g/mol. The molecule has 0 saturated carbocycles. The molecule has 3 aromatic heterocycles. The van der Waals surface area contributed by atoms with E-state index in [1.165, 1.54) is 58.0 Å². The minimum atomic E-state index is -3.08. The number of benzene rings is 9. The van der Waals surface area contributed by atoms with E-state index in [0.717, 1.165) is 39.5 Å². The average molecular weight is 927 g/mol. The van der Waals surface area contributed by atoms with E-state index in [-0.39, 0.29) is 0 Å². The summed E-state index contributed by atoms with van der Waals surface area (Å²) >= 11 is 0. The van der Waals surface area contributed by atoms with Crippen LogP contribution >= 0.6 is 0 Å². The van der Waals surface area contributed by atoms with Crippen molar-refractivity contribution in [3.05, 3.63) is 279 Å². The maximum Gasteiger partial charge on any atom is 0.186 e. The van der Waals surface area contributed by atoms with Crippen LogP contribution in [0.1, 0.15) is 0 Å². The summed E-state index contributed by atoms with van der Waals surface area (Å²) in [6.07, 6.45) is 3.87. The van der Waals surface area contributed by atoms with Crippen LogP contribution in [0.5, 0.6) is 0 Å². The Morgan fingerprint density at radius 2 is 0.929 bits per heavy atom. The fraction of sp³-hybridized carbons (Fsp3) is 0. The lowest BCUT2D eigenvalue weighted by atomic mass is 10.1. The number of para-hydroxylation sites is 2. The summed E-state index contributed by atoms with van der Waals surface area (Å²) in [5.41, 5.74) is 7.74. The number of aromatic nitrogens is 3. The summed E-state index contributed by atoms with van der Waals surface area (Å²) in [5.74, 6) is 0.958. The van der Waals surface area contributed by atoms with Crippen LogP contribution in [0.2, 0.25) is 0 Å². The van der Waals surface area contributed by atoms with E-state index in [0.29, 0.717) is 0 Å². The quantitative estimate of drug-likeness (QED) is 0.107. The van der Waals surface area contributed by atoms with E-state index in [9.17, 15) is 0 Å². The molecule has 4 nitrogen and oxygen atoms in total. The van der Waals surface area contributed by atoms with Crippen molar-refractivity contribution in [1.82, 2.24) is 14.5 Å². The van der Waals surface area contributed by atoms with Crippen molar-refractivity contribution in [2.75, 3.05) is 4.90 Å². The molecule has 330 valence electrons. The van der Waals surface area contributed by atoms with E-state index < -0.39 is 16.1 Å². The number of rotatable bonds is 9. The van der Waals surface area contributed by atoms with Gasteiger partial charge in [-0.25, -0.2) is 4.98 Å². The minimum absolute atomic E-state index is 0.956. The highest BCUT2D eigenvalue weighted by atomic mass is 28.3. The molecule has 0 saturated heterocycles. The summed E-state index contributed by atoms with van der Waals surface area (Å²) in [6, 6.07) is 98.8. The SMILES string of the molecule is c1ccc(-n2c3ccccc3c3c4c(ccc32)[Si](c2ccccc2)(c2ccccc2)c2cccnc2N4c2cccc([Si](c3ccccc3)(c3ccccc3)c3cccc(-c4ccccn4)c3)c2)cc1. The maximum absolute atomic E-state index is 5.54. The Hall–Kier alpha value is -8.69. The Bertz CT molecular complexity index is 3750. The molecule has 6 heteroatoms. The first kappa shape index (κ1) is 41.5. The smallest absolute Gasteiger partial charge is 0.186 e. The summed E-state index contributed by atoms with van der Waals surface area (Å²) in [7, 11) is -6.17. The predicted molar refractivity (Wildman–Crippen MR) is 297 cm³/mol. The number of anilines is 3. The number of hydrogen-bond acceptors (Lipinski definition) is 3. The van der Waals surface area contributed by atoms with Gasteiger partial charge < -0.3 is 4.57 Å². The van der Waals surface area contributed by atoms with Crippen molar-refractivity contribution in [3.63, 3.8) is 0 Å². The third-order valence-electron chi connectivity index (χ3n) is 14.5. The summed E-state index contributed by atoms with van der Waals surface area (Å²) < 4.78 is 2.44. The van der Waals surface area contributed by atoms with Crippen LogP contribution in [0, 0.1) is 0 Å². The Balaban J connectivity index is 1.17. The van der Waals surface area contributed by atoms with Gasteiger partial charge in [0.1, 0.15) is 5.82 Å². The average Bonchev–Trinajstić information content (AvgIpc) is 3.79. The second kappa shape index (κ2) is 17.1. The molecule has 0 amide bonds. The van der Waals surface area contributed by atoms with Crippen LogP contribution in [0.3, 0.4) is 0 Å². The lowest BCUT2D eigenvalue weighted by molar-refractivity contribution is 1.17. The zero-order chi connectivity index (χ0) is 46.5. The largest absolute Gasteiger partial charge is 0.309 e. The van der Waals surface area contributed by atoms with Crippen molar-refractivity contribution < 1.29 is 0 Å². The Labute approximate surface area is 410 Å². The van der Waals surface area contributed by atoms with E-state index in [1.807, 2.05) is 18.5 Å². The van der Waals surface area contributed by atoms with E-state index in [1.54, 1.807) is 0 Å². The number of hydrogen-bond donors (Lipinski definition) is 0. The third-order valence-corrected chi connectivity index (χ3v) is 24.0. The van der Waals surface area contributed by atoms with E-state index in [4.69, 9.17) is 9.97 Å². The monoisotopic (exact) mass is 926 g/mol. The number of nitrogens with zero attached hydrogens (tertiary/aromatic N) is 4. The van der Waals surface area contributed by atoms with Crippen molar-refractivity contribution >= 4 is 96.6 Å². The van der Waals surface area contributed by atoms with Crippen LogP contribution in [0.15, 0.2) is 279 Å². The van der Waals surface area contributed by atoms with Crippen molar-refractivity contribution in [3.8, 4) is 16.9 Å². The van der Waals surface area contributed by atoms with Gasteiger partial charge in [0, 0.05) is 40.1 Å². The lowest BCUT2D eigenvalue weighted by Crippen LogP contribution is -2.77. The van der Waals surface area contributed by atoms with Gasteiger partial charge in [-0.3, -0.25) is 9.88 Å². The zero-order valence-electron chi connectivity index (χ0n) is 38.3. The zero-order valence-corrected chi connectivity index (χ0v) is 40.3. The molecule has 0 unspecified atom stereocenters. The summed E-state index contributed by atoms with van der Waals surface area (Å²) in [4.78, 5) is 12.9. The fourth-order valence-electron chi connectivity index (χ4n) is 11.7. The van der Waals surface area contributed by atoms with Gasteiger partial charge >= 0.3 is 0 Å². The topological polar surface area (TPSA) is 34.0 Å². The summed E-state index contributed by atoms with van der Waals surface area (Å²) in [5, 5.41) is 12.8. The molecule has 12 aromatic rings. The molecule has 1 aliphatic rings. The highest BCUT2D eigenvalue weighted by molar-refractivity contribution is 7.22. The molecule has 0 atom stereocenters. The molecule has 70 heavy (non-hydrogen) atoms. The molecule has 0 aliphatic carbocycles. The molecule has 1 aliphatic heterocycles. The van der Waals surface area contributed by atoms with Gasteiger partial charge in [-0.15, -0.1) is 0 Å². The molecule has 0 bridgehead atoms. The molecule has 0 radical (unpaired) electrons. The molecule has 0 spiro atoms. The second-order valence-electron chi connectivity index (χ2n) is 18.1. The standard InChI is InChI=1S/C64H46N4Si2/c1-6-24-48(25-7-1)67-58-39-17-16-37-56(58)62-59(67)41-42-60-63(62)68(64-61(40-22-44-66-64)70(60,52-31-12-4-13-32-52)53-33-14-5-15-34-53)49-26-21-36-55(46-49)69(50-27-8-2-9-28-50,51-29-10-3-11-30-51)54-35-20-23-47(45-54)57-38-18-19-43-65-57/h1-46H. The predicted octanol–water partition coefficient (Wildman–Crippen LogP) is 9.78. The van der Waals surface area contributed by atoms with Crippen molar-refractivity contribution in [1.29, 1.82) is 0 Å². The van der Waals surface area contributed by atoms with Crippen LogP contribution in [0.25, 0.3) is 38.8 Å². The fourth-order valence-corrected chi connectivity index (χ4v) is 21.5. The highest BCUT2D eigenvalue weighted by Gasteiger charge is 2.51. The van der Waals surface area contributed by atoms with Crippen molar-refractivity contribution in [2.24, 2.45) is 0 Å². The molecule has 4 heterocycles. The first-order valence-corrected chi connectivity index (χ1v) is 28.0. The highest BCUT2D eigenvalue weighted by Crippen LogP contribution is 2.45. The van der Waals surface area contributed by atoms with Gasteiger partial charge in [-0.2, -0.15) is 0 Å². The van der Waals surface area contributed by atoms with Gasteiger partial charge in [0.2, 0.25) is 0 Å². The van der Waals surface area contributed by atoms with Crippen molar-refractivity contribution in [2.45, 2.75) is 0 Å². The Morgan fingerprint density at radius 3 is 1.60 bits per heavy atom. The summed E-state index contributed by atoms with van der Waals surface area (Å²) in [6.45, 7) is 0. The van der Waals surface area contributed by atoms with Crippen LogP contribution < -0.4 is 46.4 Å². The number of fused-ring (bicyclic) bond motifs is 6. The first-order valence-electron chi connectivity index (χ1n) is 24.0. The van der Waals surface area contributed by atoms with E-state index >= 15 is 0 Å². The Morgan fingerprint density at radius 1 is 0.371 bits per heavy atom. The molecule has 9 aromatic carbocycles. The van der Waals surface area contributed by atoms with E-state index in [2.05, 4.69) is 270 Å². The van der Waals surface area contributed by atoms with Crippen LogP contribution in [-0.4, -0.2) is 30.7 Å². The Kier molecular flexibility index (Phi) is 10.2. The second-order valence-corrected chi connectivity index (χ2v) is 25.6. The molecule has 0 fully saturated rings. The lowest BCUT2D eigenvalue weighted by Gasteiger charge is -2.44. The van der Waals surface area contributed by atoms with Gasteiger partial charge in [0.05, 0.1) is 22.4 Å². The molecule has 0 N–H and O–H groups in total. The molecule has 13 rings (SSSR count). The normalized spacial score (nSPS) is 12.9. The number of pyridine rings is 2.